The Balaban J connectivity index is 2.76. The van der Waals surface area contributed by atoms with Crippen molar-refractivity contribution in [1.82, 2.24) is 0 Å². The van der Waals surface area contributed by atoms with Crippen molar-refractivity contribution in [3.05, 3.63) is 29.3 Å². The highest BCUT2D eigenvalue weighted by atomic mass is 16.7. The van der Waals surface area contributed by atoms with E-state index in [1.807, 2.05) is 20.8 Å². The van der Waals surface area contributed by atoms with Gasteiger partial charge in [-0.05, 0) is 49.8 Å². The molecule has 0 heterocycles. The number of benzene rings is 1. The first-order valence-electron chi connectivity index (χ1n) is 7.82. The van der Waals surface area contributed by atoms with E-state index >= 15 is 0 Å². The molecule has 0 aromatic heterocycles. The largest absolute Gasteiger partial charge is 0.516 e. The highest BCUT2D eigenvalue weighted by Crippen LogP contribution is 2.31. The fraction of sp³-hybridized carbons (Fsp3) is 0.556. The molecule has 0 amide bonds. The molecule has 3 N–H and O–H groups in total. The summed E-state index contributed by atoms with van der Waals surface area (Å²) >= 11 is 0. The third kappa shape index (κ3) is 6.20. The molecule has 6 nitrogen and oxygen atoms in total. The maximum absolute atomic E-state index is 11.9. The number of carbonyl (C=O) groups excluding carboxylic acids is 2. The van der Waals surface area contributed by atoms with Crippen LogP contribution in [-0.4, -0.2) is 28.9 Å². The van der Waals surface area contributed by atoms with E-state index in [0.717, 1.165) is 11.1 Å². The van der Waals surface area contributed by atoms with Gasteiger partial charge in [0.25, 0.3) is 0 Å². The van der Waals surface area contributed by atoms with Crippen molar-refractivity contribution in [2.75, 3.05) is 0 Å². The predicted octanol–water partition coefficient (Wildman–Crippen LogP) is 3.04. The number of carbonyl (C=O) groups is 2. The van der Waals surface area contributed by atoms with Crippen molar-refractivity contribution < 1.29 is 24.2 Å². The highest BCUT2D eigenvalue weighted by Gasteiger charge is 2.25. The standard InChI is InChI=1S/C18H27NO5/c1-17(2,3)12-9-11(7-8-14(12)20)10-13(19)15(21)23-16(22)24-18(4,5)6/h7-9,13,20H,10,19H2,1-6H3/t13-/m0/s1. The van der Waals surface area contributed by atoms with Crippen LogP contribution in [0.3, 0.4) is 0 Å². The van der Waals surface area contributed by atoms with Crippen LogP contribution in [0.5, 0.6) is 5.75 Å². The Morgan fingerprint density at radius 3 is 2.25 bits per heavy atom. The smallest absolute Gasteiger partial charge is 0.508 e. The van der Waals surface area contributed by atoms with Crippen molar-refractivity contribution >= 4 is 12.1 Å². The molecule has 0 radical (unpaired) electrons. The number of rotatable bonds is 3. The van der Waals surface area contributed by atoms with Gasteiger partial charge in [-0.25, -0.2) is 9.59 Å². The van der Waals surface area contributed by atoms with Crippen LogP contribution < -0.4 is 5.73 Å². The van der Waals surface area contributed by atoms with Crippen molar-refractivity contribution in [2.24, 2.45) is 5.73 Å². The van der Waals surface area contributed by atoms with Crippen LogP contribution in [0.2, 0.25) is 0 Å². The lowest BCUT2D eigenvalue weighted by Crippen LogP contribution is -2.37. The van der Waals surface area contributed by atoms with Gasteiger partial charge < -0.3 is 20.3 Å². The van der Waals surface area contributed by atoms with Crippen LogP contribution in [0.4, 0.5) is 4.79 Å². The highest BCUT2D eigenvalue weighted by molar-refractivity contribution is 5.85. The summed E-state index contributed by atoms with van der Waals surface area (Å²) in [4.78, 5) is 23.4. The van der Waals surface area contributed by atoms with Gasteiger partial charge in [-0.3, -0.25) is 0 Å². The number of esters is 1. The minimum absolute atomic E-state index is 0.186. The summed E-state index contributed by atoms with van der Waals surface area (Å²) in [5.74, 6) is -0.661. The van der Waals surface area contributed by atoms with Gasteiger partial charge >= 0.3 is 12.1 Å². The molecule has 0 spiro atoms. The first-order chi connectivity index (χ1) is 10.8. The maximum atomic E-state index is 11.9. The number of phenols is 1. The van der Waals surface area contributed by atoms with Crippen molar-refractivity contribution in [2.45, 2.75) is 65.0 Å². The molecule has 0 aliphatic carbocycles. The summed E-state index contributed by atoms with van der Waals surface area (Å²) in [6.07, 6.45) is -0.880. The van der Waals surface area contributed by atoms with Gasteiger partial charge in [-0.15, -0.1) is 0 Å². The summed E-state index contributed by atoms with van der Waals surface area (Å²) in [7, 11) is 0. The Bertz CT molecular complexity index is 611. The first-order valence-corrected chi connectivity index (χ1v) is 7.82. The van der Waals surface area contributed by atoms with Crippen LogP contribution in [0.25, 0.3) is 0 Å². The summed E-state index contributed by atoms with van der Waals surface area (Å²) in [6, 6.07) is 4.05. The Labute approximate surface area is 142 Å². The molecule has 6 heteroatoms. The van der Waals surface area contributed by atoms with Gasteiger partial charge in [-0.2, -0.15) is 0 Å². The molecule has 0 bridgehead atoms. The second-order valence-electron chi connectivity index (χ2n) is 7.80. The molecule has 24 heavy (non-hydrogen) atoms. The third-order valence-corrected chi connectivity index (χ3v) is 3.20. The molecule has 134 valence electrons. The molecule has 1 rings (SSSR count). The van der Waals surface area contributed by atoms with Crippen LogP contribution in [0.15, 0.2) is 18.2 Å². The van der Waals surface area contributed by atoms with E-state index < -0.39 is 23.8 Å². The molecule has 1 atom stereocenters. The zero-order valence-corrected chi connectivity index (χ0v) is 15.2. The molecule has 1 aromatic rings. The van der Waals surface area contributed by atoms with Crippen LogP contribution in [0, 0.1) is 0 Å². The zero-order valence-electron chi connectivity index (χ0n) is 15.2. The van der Waals surface area contributed by atoms with E-state index in [9.17, 15) is 14.7 Å². The zero-order chi connectivity index (χ0) is 18.7. The lowest BCUT2D eigenvalue weighted by atomic mass is 9.85. The van der Waals surface area contributed by atoms with Crippen LogP contribution >= 0.6 is 0 Å². The van der Waals surface area contributed by atoms with Crippen LogP contribution in [0.1, 0.15) is 52.7 Å². The molecule has 0 unspecified atom stereocenters. The minimum atomic E-state index is -1.07. The lowest BCUT2D eigenvalue weighted by Gasteiger charge is -2.22. The topological polar surface area (TPSA) is 98.9 Å². The number of ether oxygens (including phenoxy) is 2. The van der Waals surface area contributed by atoms with Gasteiger partial charge in [0.15, 0.2) is 0 Å². The number of aromatic hydroxyl groups is 1. The Kier molecular flexibility index (Phi) is 6.00. The SMILES string of the molecule is CC(C)(C)OC(=O)OC(=O)[C@@H](N)Cc1ccc(O)c(C(C)(C)C)c1. The number of hydrogen-bond acceptors (Lipinski definition) is 6. The molecule has 0 aliphatic heterocycles. The van der Waals surface area contributed by atoms with Crippen molar-refractivity contribution in [3.8, 4) is 5.75 Å². The average Bonchev–Trinajstić information content (AvgIpc) is 2.37. The van der Waals surface area contributed by atoms with E-state index in [-0.39, 0.29) is 17.6 Å². The average molecular weight is 337 g/mol. The van der Waals surface area contributed by atoms with Gasteiger partial charge in [0.1, 0.15) is 17.4 Å². The quantitative estimate of drug-likeness (QED) is 0.650. The monoisotopic (exact) mass is 337 g/mol. The maximum Gasteiger partial charge on any atom is 0.516 e. The van der Waals surface area contributed by atoms with E-state index in [4.69, 9.17) is 10.5 Å². The lowest BCUT2D eigenvalue weighted by molar-refractivity contribution is -0.142. The fourth-order valence-electron chi connectivity index (χ4n) is 2.08. The molecule has 0 fully saturated rings. The molecular weight excluding hydrogens is 310 g/mol. The number of nitrogens with two attached hydrogens (primary N) is 1. The van der Waals surface area contributed by atoms with Crippen molar-refractivity contribution in [1.29, 1.82) is 0 Å². The summed E-state index contributed by atoms with van der Waals surface area (Å²) in [5.41, 5.74) is 6.34. The van der Waals surface area contributed by atoms with E-state index in [1.54, 1.807) is 39.0 Å². The van der Waals surface area contributed by atoms with Gasteiger partial charge in [0, 0.05) is 0 Å². The van der Waals surface area contributed by atoms with E-state index in [0.29, 0.717) is 0 Å². The van der Waals surface area contributed by atoms with E-state index in [2.05, 4.69) is 4.74 Å². The van der Waals surface area contributed by atoms with E-state index in [1.165, 1.54) is 0 Å². The first kappa shape index (κ1) is 20.0. The molecular formula is C18H27NO5. The molecule has 0 aliphatic rings. The number of hydrogen-bond donors (Lipinski definition) is 2. The van der Waals surface area contributed by atoms with Gasteiger partial charge in [-0.1, -0.05) is 32.9 Å². The third-order valence-electron chi connectivity index (χ3n) is 3.20. The van der Waals surface area contributed by atoms with Gasteiger partial charge in [0.05, 0.1) is 0 Å². The predicted molar refractivity (Wildman–Crippen MR) is 90.8 cm³/mol. The normalized spacial score (nSPS) is 13.3. The molecule has 0 saturated heterocycles. The van der Waals surface area contributed by atoms with Gasteiger partial charge in [0.2, 0.25) is 0 Å². The second kappa shape index (κ2) is 7.21. The summed E-state index contributed by atoms with van der Waals surface area (Å²) in [6.45, 7) is 10.9. The minimum Gasteiger partial charge on any atom is -0.508 e. The Morgan fingerprint density at radius 2 is 1.75 bits per heavy atom. The molecule has 1 aromatic carbocycles. The Hall–Kier alpha value is -2.08. The second-order valence-corrected chi connectivity index (χ2v) is 7.80. The molecule has 0 saturated carbocycles. The summed E-state index contributed by atoms with van der Waals surface area (Å²) in [5, 5.41) is 9.96. The summed E-state index contributed by atoms with van der Waals surface area (Å²) < 4.78 is 9.52. The number of phenolic OH excluding ortho intramolecular Hbond substituents is 1. The fourth-order valence-corrected chi connectivity index (χ4v) is 2.08. The van der Waals surface area contributed by atoms with Crippen molar-refractivity contribution in [3.63, 3.8) is 0 Å². The van der Waals surface area contributed by atoms with Crippen LogP contribution in [-0.2, 0) is 26.1 Å². The Morgan fingerprint density at radius 1 is 1.17 bits per heavy atom.